The highest BCUT2D eigenvalue weighted by Gasteiger charge is 2.35. The van der Waals surface area contributed by atoms with Crippen molar-refractivity contribution < 1.29 is 0 Å². The Balaban J connectivity index is 1.39. The van der Waals surface area contributed by atoms with Crippen molar-refractivity contribution in [3.8, 4) is 0 Å². The monoisotopic (exact) mass is 259 g/mol. The minimum atomic E-state index is 0.807. The molecule has 18 heavy (non-hydrogen) atoms. The second kappa shape index (κ2) is 4.57. The summed E-state index contributed by atoms with van der Waals surface area (Å²) >= 11 is 2.12. The summed E-state index contributed by atoms with van der Waals surface area (Å²) in [5.41, 5.74) is 1.58. The highest BCUT2D eigenvalue weighted by atomic mass is 32.2. The summed E-state index contributed by atoms with van der Waals surface area (Å²) in [4.78, 5) is 4.34. The van der Waals surface area contributed by atoms with Crippen LogP contribution in [0.3, 0.4) is 0 Å². The van der Waals surface area contributed by atoms with Crippen LogP contribution < -0.4 is 0 Å². The first-order chi connectivity index (χ1) is 8.88. The van der Waals surface area contributed by atoms with Gasteiger partial charge in [-0.25, -0.2) is 0 Å². The minimum Gasteiger partial charge on any atom is -0.299 e. The van der Waals surface area contributed by atoms with Crippen LogP contribution in [0.1, 0.15) is 31.2 Å². The first-order valence-corrected chi connectivity index (χ1v) is 8.25. The van der Waals surface area contributed by atoms with Gasteiger partial charge in [0.25, 0.3) is 0 Å². The molecule has 0 bridgehead atoms. The summed E-state index contributed by atoms with van der Waals surface area (Å²) in [5, 5.41) is 0.807. The van der Waals surface area contributed by atoms with Crippen LogP contribution in [0.4, 0.5) is 0 Å². The fourth-order valence-corrected chi connectivity index (χ4v) is 4.41. The SMILES string of the molecule is c1ccc2c(c1)CC(CN(CC1CC1)C1CC1)S2. The highest BCUT2D eigenvalue weighted by molar-refractivity contribution is 8.00. The molecule has 2 saturated carbocycles. The molecule has 1 aromatic carbocycles. The molecule has 2 heteroatoms. The Morgan fingerprint density at radius 2 is 1.89 bits per heavy atom. The van der Waals surface area contributed by atoms with Crippen molar-refractivity contribution in [3.63, 3.8) is 0 Å². The molecule has 2 aliphatic carbocycles. The molecule has 4 rings (SSSR count). The molecule has 0 amide bonds. The Morgan fingerprint density at radius 1 is 1.06 bits per heavy atom. The molecule has 2 fully saturated rings. The molecule has 0 spiro atoms. The fraction of sp³-hybridized carbons (Fsp3) is 0.625. The number of hydrogen-bond acceptors (Lipinski definition) is 2. The van der Waals surface area contributed by atoms with Crippen LogP contribution in [0.2, 0.25) is 0 Å². The van der Waals surface area contributed by atoms with Crippen LogP contribution in [0.25, 0.3) is 0 Å². The van der Waals surface area contributed by atoms with Gasteiger partial charge in [-0.3, -0.25) is 4.90 Å². The van der Waals surface area contributed by atoms with Crippen molar-refractivity contribution >= 4 is 11.8 Å². The van der Waals surface area contributed by atoms with E-state index >= 15 is 0 Å². The Hall–Kier alpha value is -0.470. The van der Waals surface area contributed by atoms with Gasteiger partial charge in [-0.05, 0) is 49.7 Å². The predicted octanol–water partition coefficient (Wildman–Crippen LogP) is 3.58. The van der Waals surface area contributed by atoms with Crippen LogP contribution in [0.15, 0.2) is 29.2 Å². The lowest BCUT2D eigenvalue weighted by molar-refractivity contribution is 0.253. The second-order valence-electron chi connectivity index (χ2n) is 6.18. The third kappa shape index (κ3) is 2.46. The Labute approximate surface area is 114 Å². The van der Waals surface area contributed by atoms with Gasteiger partial charge in [-0.2, -0.15) is 0 Å². The zero-order valence-corrected chi connectivity index (χ0v) is 11.7. The number of benzene rings is 1. The fourth-order valence-electron chi connectivity index (χ4n) is 3.06. The van der Waals surface area contributed by atoms with E-state index in [9.17, 15) is 0 Å². The van der Waals surface area contributed by atoms with Gasteiger partial charge in [0, 0.05) is 29.3 Å². The molecule has 1 heterocycles. The third-order valence-corrected chi connectivity index (χ3v) is 5.71. The largest absolute Gasteiger partial charge is 0.299 e. The van der Waals surface area contributed by atoms with Gasteiger partial charge in [0.2, 0.25) is 0 Å². The van der Waals surface area contributed by atoms with Gasteiger partial charge < -0.3 is 0 Å². The molecule has 1 nitrogen and oxygen atoms in total. The van der Waals surface area contributed by atoms with Gasteiger partial charge >= 0.3 is 0 Å². The second-order valence-corrected chi connectivity index (χ2v) is 7.52. The van der Waals surface area contributed by atoms with Crippen molar-refractivity contribution in [2.45, 2.75) is 48.3 Å². The summed E-state index contributed by atoms with van der Waals surface area (Å²) in [6.07, 6.45) is 7.17. The van der Waals surface area contributed by atoms with Crippen LogP contribution in [-0.2, 0) is 6.42 Å². The summed E-state index contributed by atoms with van der Waals surface area (Å²) in [6.45, 7) is 2.71. The minimum absolute atomic E-state index is 0.807. The molecule has 0 N–H and O–H groups in total. The summed E-state index contributed by atoms with van der Waals surface area (Å²) < 4.78 is 0. The van der Waals surface area contributed by atoms with E-state index in [1.54, 1.807) is 5.56 Å². The smallest absolute Gasteiger partial charge is 0.0263 e. The number of rotatable bonds is 5. The zero-order valence-electron chi connectivity index (χ0n) is 10.8. The van der Waals surface area contributed by atoms with Gasteiger partial charge in [0.15, 0.2) is 0 Å². The van der Waals surface area contributed by atoms with E-state index in [0.29, 0.717) is 0 Å². The van der Waals surface area contributed by atoms with E-state index in [1.807, 2.05) is 0 Å². The maximum Gasteiger partial charge on any atom is 0.0263 e. The van der Waals surface area contributed by atoms with Gasteiger partial charge in [-0.15, -0.1) is 11.8 Å². The lowest BCUT2D eigenvalue weighted by Gasteiger charge is -2.24. The molecule has 0 saturated heterocycles. The molecule has 1 atom stereocenters. The van der Waals surface area contributed by atoms with Crippen molar-refractivity contribution in [1.82, 2.24) is 4.90 Å². The normalized spacial score (nSPS) is 26.6. The molecule has 1 unspecified atom stereocenters. The zero-order chi connectivity index (χ0) is 11.9. The van der Waals surface area contributed by atoms with E-state index in [4.69, 9.17) is 0 Å². The average Bonchev–Trinajstić information content (AvgIpc) is 3.25. The predicted molar refractivity (Wildman–Crippen MR) is 77.1 cm³/mol. The summed E-state index contributed by atoms with van der Waals surface area (Å²) in [5.74, 6) is 1.04. The Kier molecular flexibility index (Phi) is 2.89. The molecule has 0 radical (unpaired) electrons. The van der Waals surface area contributed by atoms with Crippen LogP contribution in [0.5, 0.6) is 0 Å². The van der Waals surface area contributed by atoms with Crippen molar-refractivity contribution in [2.75, 3.05) is 13.1 Å². The van der Waals surface area contributed by atoms with Crippen molar-refractivity contribution in [2.24, 2.45) is 5.92 Å². The van der Waals surface area contributed by atoms with E-state index in [0.717, 1.165) is 17.2 Å². The summed E-state index contributed by atoms with van der Waals surface area (Å²) in [7, 11) is 0. The van der Waals surface area contributed by atoms with E-state index in [1.165, 1.54) is 50.1 Å². The lowest BCUT2D eigenvalue weighted by atomic mass is 10.1. The van der Waals surface area contributed by atoms with E-state index in [2.05, 4.69) is 40.9 Å². The summed E-state index contributed by atoms with van der Waals surface area (Å²) in [6, 6.07) is 9.91. The number of fused-ring (bicyclic) bond motifs is 1. The number of thioether (sulfide) groups is 1. The Bertz CT molecular complexity index is 411. The molecule has 96 valence electrons. The van der Waals surface area contributed by atoms with Crippen molar-refractivity contribution in [1.29, 1.82) is 0 Å². The highest BCUT2D eigenvalue weighted by Crippen LogP contribution is 2.40. The standard InChI is InChI=1S/C16H21NS/c1-2-4-16-13(3-1)9-15(18-16)11-17(14-7-8-14)10-12-5-6-12/h1-4,12,14-15H,5-11H2. The van der Waals surface area contributed by atoms with Crippen LogP contribution >= 0.6 is 11.8 Å². The maximum absolute atomic E-state index is 2.81. The first-order valence-electron chi connectivity index (χ1n) is 7.37. The quantitative estimate of drug-likeness (QED) is 0.795. The van der Waals surface area contributed by atoms with Gasteiger partial charge in [-0.1, -0.05) is 18.2 Å². The van der Waals surface area contributed by atoms with Gasteiger partial charge in [0.05, 0.1) is 0 Å². The maximum atomic E-state index is 2.81. The molecule has 1 aromatic rings. The molecule has 0 aromatic heterocycles. The molecular weight excluding hydrogens is 238 g/mol. The molecular formula is C16H21NS. The van der Waals surface area contributed by atoms with Gasteiger partial charge in [0.1, 0.15) is 0 Å². The third-order valence-electron chi connectivity index (χ3n) is 4.40. The average molecular weight is 259 g/mol. The topological polar surface area (TPSA) is 3.24 Å². The van der Waals surface area contributed by atoms with E-state index in [-0.39, 0.29) is 0 Å². The van der Waals surface area contributed by atoms with Crippen LogP contribution in [-0.4, -0.2) is 29.3 Å². The molecule has 1 aliphatic heterocycles. The van der Waals surface area contributed by atoms with Crippen molar-refractivity contribution in [3.05, 3.63) is 29.8 Å². The first kappa shape index (κ1) is 11.4. The number of nitrogens with zero attached hydrogens (tertiary/aromatic N) is 1. The Morgan fingerprint density at radius 3 is 2.61 bits per heavy atom. The number of hydrogen-bond donors (Lipinski definition) is 0. The van der Waals surface area contributed by atoms with E-state index < -0.39 is 0 Å². The van der Waals surface area contributed by atoms with Crippen LogP contribution in [0, 0.1) is 5.92 Å². The molecule has 3 aliphatic rings. The lowest BCUT2D eigenvalue weighted by Crippen LogP contribution is -2.34.